The van der Waals surface area contributed by atoms with Crippen LogP contribution in [-0.2, 0) is 5.41 Å². The van der Waals surface area contributed by atoms with Gasteiger partial charge in [0, 0.05) is 17.3 Å². The molecular weight excluding hydrogens is 138 g/mol. The zero-order valence-corrected chi connectivity index (χ0v) is 6.51. The first kappa shape index (κ1) is 6.92. The molecule has 0 spiro atoms. The van der Waals surface area contributed by atoms with E-state index in [4.69, 9.17) is 0 Å². The molecule has 2 nitrogen and oxygen atoms in total. The third kappa shape index (κ3) is 0.897. The van der Waals surface area contributed by atoms with E-state index in [1.807, 2.05) is 12.3 Å². The first-order chi connectivity index (χ1) is 5.37. The van der Waals surface area contributed by atoms with Crippen LogP contribution in [0.4, 0.5) is 0 Å². The van der Waals surface area contributed by atoms with Gasteiger partial charge in [0.2, 0.25) is 0 Å². The van der Waals surface area contributed by atoms with E-state index in [0.717, 1.165) is 12.8 Å². The van der Waals surface area contributed by atoms with Gasteiger partial charge in [0.05, 0.1) is 6.61 Å². The summed E-state index contributed by atoms with van der Waals surface area (Å²) < 4.78 is 0. The first-order valence-electron chi connectivity index (χ1n) is 4.12. The maximum absolute atomic E-state index is 9.19. The molecule has 0 aromatic carbocycles. The number of aromatic amines is 1. The molecule has 0 atom stereocenters. The highest BCUT2D eigenvalue weighted by Gasteiger charge is 2.38. The van der Waals surface area contributed by atoms with Crippen molar-refractivity contribution in [2.45, 2.75) is 24.7 Å². The molecule has 2 N–H and O–H groups in total. The molecule has 0 amide bonds. The molecule has 1 aliphatic rings. The highest BCUT2D eigenvalue weighted by atomic mass is 16.3. The van der Waals surface area contributed by atoms with Crippen molar-refractivity contribution < 1.29 is 5.11 Å². The van der Waals surface area contributed by atoms with Crippen molar-refractivity contribution in [3.8, 4) is 0 Å². The summed E-state index contributed by atoms with van der Waals surface area (Å²) >= 11 is 0. The fourth-order valence-corrected chi connectivity index (χ4v) is 1.78. The van der Waals surface area contributed by atoms with Gasteiger partial charge in [-0.2, -0.15) is 0 Å². The van der Waals surface area contributed by atoms with Gasteiger partial charge in [-0.15, -0.1) is 0 Å². The summed E-state index contributed by atoms with van der Waals surface area (Å²) in [5.41, 5.74) is 1.29. The van der Waals surface area contributed by atoms with E-state index in [1.165, 1.54) is 12.1 Å². The molecule has 11 heavy (non-hydrogen) atoms. The largest absolute Gasteiger partial charge is 0.395 e. The van der Waals surface area contributed by atoms with Crippen LogP contribution in [0.5, 0.6) is 0 Å². The number of H-pyrrole nitrogens is 1. The normalized spacial score (nSPS) is 21.2. The standard InChI is InChI=1S/C9H13NO/c11-7-9(4-2-5-9)8-3-1-6-10-8/h1,3,6,10-11H,2,4-5,7H2. The van der Waals surface area contributed by atoms with Crippen molar-refractivity contribution in [3.05, 3.63) is 24.0 Å². The van der Waals surface area contributed by atoms with Gasteiger partial charge in [-0.1, -0.05) is 6.42 Å². The third-order valence-electron chi connectivity index (χ3n) is 2.78. The van der Waals surface area contributed by atoms with Crippen LogP contribution in [0.2, 0.25) is 0 Å². The van der Waals surface area contributed by atoms with E-state index in [-0.39, 0.29) is 12.0 Å². The second kappa shape index (κ2) is 2.38. The summed E-state index contributed by atoms with van der Waals surface area (Å²) in [7, 11) is 0. The Kier molecular flexibility index (Phi) is 1.50. The van der Waals surface area contributed by atoms with Gasteiger partial charge in [-0.05, 0) is 25.0 Å². The topological polar surface area (TPSA) is 36.0 Å². The third-order valence-corrected chi connectivity index (χ3v) is 2.78. The van der Waals surface area contributed by atoms with E-state index in [0.29, 0.717) is 0 Å². The molecule has 1 heterocycles. The van der Waals surface area contributed by atoms with Crippen LogP contribution in [0, 0.1) is 0 Å². The summed E-state index contributed by atoms with van der Waals surface area (Å²) in [6.07, 6.45) is 5.43. The van der Waals surface area contributed by atoms with Crippen molar-refractivity contribution in [2.24, 2.45) is 0 Å². The number of aliphatic hydroxyl groups excluding tert-OH is 1. The van der Waals surface area contributed by atoms with Crippen LogP contribution in [0.1, 0.15) is 25.0 Å². The van der Waals surface area contributed by atoms with E-state index < -0.39 is 0 Å². The highest BCUT2D eigenvalue weighted by Crippen LogP contribution is 2.42. The Morgan fingerprint density at radius 2 is 2.36 bits per heavy atom. The number of nitrogens with one attached hydrogen (secondary N) is 1. The molecule has 1 aromatic rings. The molecule has 0 radical (unpaired) electrons. The van der Waals surface area contributed by atoms with E-state index >= 15 is 0 Å². The number of aliphatic hydroxyl groups is 1. The predicted octanol–water partition coefficient (Wildman–Crippen LogP) is 1.43. The van der Waals surface area contributed by atoms with E-state index in [9.17, 15) is 5.11 Å². The minimum atomic E-state index is 0.0868. The monoisotopic (exact) mass is 151 g/mol. The minimum absolute atomic E-state index is 0.0868. The SMILES string of the molecule is OCC1(c2ccc[nH]2)CCC1. The Hall–Kier alpha value is -0.760. The molecule has 0 unspecified atom stereocenters. The Balaban J connectivity index is 2.25. The molecule has 0 bridgehead atoms. The fourth-order valence-electron chi connectivity index (χ4n) is 1.78. The number of aromatic nitrogens is 1. The fraction of sp³-hybridized carbons (Fsp3) is 0.556. The smallest absolute Gasteiger partial charge is 0.0542 e. The van der Waals surface area contributed by atoms with Gasteiger partial charge in [0.1, 0.15) is 0 Å². The molecule has 2 heteroatoms. The Morgan fingerprint density at radius 3 is 2.73 bits per heavy atom. The first-order valence-corrected chi connectivity index (χ1v) is 4.12. The summed E-state index contributed by atoms with van der Waals surface area (Å²) in [6.45, 7) is 0.285. The van der Waals surface area contributed by atoms with Gasteiger partial charge in [-0.25, -0.2) is 0 Å². The number of rotatable bonds is 2. The van der Waals surface area contributed by atoms with E-state index in [2.05, 4.69) is 11.1 Å². The highest BCUT2D eigenvalue weighted by molar-refractivity contribution is 5.20. The minimum Gasteiger partial charge on any atom is -0.395 e. The van der Waals surface area contributed by atoms with Crippen LogP contribution in [-0.4, -0.2) is 16.7 Å². The van der Waals surface area contributed by atoms with Gasteiger partial charge < -0.3 is 10.1 Å². The number of hydrogen-bond acceptors (Lipinski definition) is 1. The van der Waals surface area contributed by atoms with Crippen LogP contribution < -0.4 is 0 Å². The average molecular weight is 151 g/mol. The lowest BCUT2D eigenvalue weighted by molar-refractivity contribution is 0.117. The van der Waals surface area contributed by atoms with Crippen molar-refractivity contribution in [3.63, 3.8) is 0 Å². The maximum Gasteiger partial charge on any atom is 0.0542 e. The number of hydrogen-bond donors (Lipinski definition) is 2. The van der Waals surface area contributed by atoms with Crippen molar-refractivity contribution in [1.29, 1.82) is 0 Å². The Morgan fingerprint density at radius 1 is 1.55 bits per heavy atom. The molecule has 2 rings (SSSR count). The Bertz CT molecular complexity index is 218. The van der Waals surface area contributed by atoms with Crippen LogP contribution >= 0.6 is 0 Å². The molecule has 60 valence electrons. The summed E-state index contributed by atoms with van der Waals surface area (Å²) in [6, 6.07) is 4.06. The summed E-state index contributed by atoms with van der Waals surface area (Å²) in [5, 5.41) is 9.19. The summed E-state index contributed by atoms with van der Waals surface area (Å²) in [4.78, 5) is 3.17. The average Bonchev–Trinajstić information content (AvgIpc) is 2.39. The van der Waals surface area contributed by atoms with Gasteiger partial charge in [-0.3, -0.25) is 0 Å². The van der Waals surface area contributed by atoms with Crippen LogP contribution in [0.25, 0.3) is 0 Å². The molecule has 1 fully saturated rings. The van der Waals surface area contributed by atoms with Gasteiger partial charge in [0.15, 0.2) is 0 Å². The van der Waals surface area contributed by atoms with Gasteiger partial charge in [0.25, 0.3) is 0 Å². The lowest BCUT2D eigenvalue weighted by Crippen LogP contribution is -2.38. The van der Waals surface area contributed by atoms with Crippen LogP contribution in [0.3, 0.4) is 0 Å². The molecule has 1 saturated carbocycles. The zero-order valence-electron chi connectivity index (χ0n) is 6.51. The van der Waals surface area contributed by atoms with Gasteiger partial charge >= 0.3 is 0 Å². The predicted molar refractivity (Wildman–Crippen MR) is 43.4 cm³/mol. The van der Waals surface area contributed by atoms with Crippen molar-refractivity contribution >= 4 is 0 Å². The quantitative estimate of drug-likeness (QED) is 0.659. The molecule has 1 aliphatic carbocycles. The van der Waals surface area contributed by atoms with Crippen LogP contribution in [0.15, 0.2) is 18.3 Å². The zero-order chi connectivity index (χ0) is 7.73. The van der Waals surface area contributed by atoms with E-state index in [1.54, 1.807) is 0 Å². The lowest BCUT2D eigenvalue weighted by atomic mass is 9.67. The molecular formula is C9H13NO. The van der Waals surface area contributed by atoms with Crippen molar-refractivity contribution in [1.82, 2.24) is 4.98 Å². The van der Waals surface area contributed by atoms with Crippen molar-refractivity contribution in [2.75, 3.05) is 6.61 Å². The molecule has 1 aromatic heterocycles. The molecule has 0 saturated heterocycles. The molecule has 0 aliphatic heterocycles. The second-order valence-electron chi connectivity index (χ2n) is 3.38. The Labute approximate surface area is 66.3 Å². The maximum atomic E-state index is 9.19. The summed E-state index contributed by atoms with van der Waals surface area (Å²) in [5.74, 6) is 0. The lowest BCUT2D eigenvalue weighted by Gasteiger charge is -2.39. The second-order valence-corrected chi connectivity index (χ2v) is 3.38.